The second-order valence-corrected chi connectivity index (χ2v) is 2.53. The number of benzene rings is 1. The number of hydrazine groups is 1. The van der Waals surface area contributed by atoms with E-state index in [-0.39, 0.29) is 12.4 Å². The number of halogens is 1. The average molecular weight is 203 g/mol. The highest BCUT2D eigenvalue weighted by atomic mass is 35.5. The van der Waals surface area contributed by atoms with Crippen LogP contribution in [-0.2, 0) is 12.8 Å². The molecule has 0 fully saturated rings. The van der Waals surface area contributed by atoms with Crippen molar-refractivity contribution in [3.63, 3.8) is 0 Å². The highest BCUT2D eigenvalue weighted by Gasteiger charge is 1.89. The van der Waals surface area contributed by atoms with Crippen molar-refractivity contribution in [3.05, 3.63) is 35.4 Å². The van der Waals surface area contributed by atoms with E-state index >= 15 is 0 Å². The van der Waals surface area contributed by atoms with Crippen LogP contribution >= 0.6 is 12.4 Å². The predicted molar refractivity (Wildman–Crippen MR) is 60.8 cm³/mol. The van der Waals surface area contributed by atoms with Gasteiger partial charge in [-0.3, -0.25) is 11.7 Å². The predicted octanol–water partition coefficient (Wildman–Crippen LogP) is 2.05. The Balaban J connectivity index is 0. The summed E-state index contributed by atoms with van der Waals surface area (Å²) in [7, 11) is 0. The fourth-order valence-electron chi connectivity index (χ4n) is 1.07. The van der Waals surface area contributed by atoms with Crippen LogP contribution in [-0.4, -0.2) is 0 Å². The summed E-state index contributed by atoms with van der Waals surface area (Å²) in [6.07, 6.45) is 2.29. The molecule has 13 heavy (non-hydrogen) atoms. The molecule has 0 atom stereocenters. The molecule has 0 aliphatic rings. The number of nitrogens with two attached hydrogens (primary N) is 2. The minimum atomic E-state index is 0. The third-order valence-corrected chi connectivity index (χ3v) is 1.81. The van der Waals surface area contributed by atoms with Gasteiger partial charge in [-0.25, -0.2) is 0 Å². The molecular formula is C10H19ClN2. The zero-order valence-corrected chi connectivity index (χ0v) is 9.10. The van der Waals surface area contributed by atoms with Gasteiger partial charge in [-0.2, -0.15) is 0 Å². The van der Waals surface area contributed by atoms with Crippen LogP contribution < -0.4 is 11.7 Å². The van der Waals surface area contributed by atoms with E-state index in [1.807, 2.05) is 0 Å². The maximum absolute atomic E-state index is 4.00. The van der Waals surface area contributed by atoms with Gasteiger partial charge in [0, 0.05) is 0 Å². The van der Waals surface area contributed by atoms with Gasteiger partial charge < -0.3 is 0 Å². The topological polar surface area (TPSA) is 52.0 Å². The van der Waals surface area contributed by atoms with Gasteiger partial charge in [0.05, 0.1) is 0 Å². The van der Waals surface area contributed by atoms with Crippen LogP contribution in [0.3, 0.4) is 0 Å². The highest BCUT2D eigenvalue weighted by molar-refractivity contribution is 5.85. The lowest BCUT2D eigenvalue weighted by Gasteiger charge is -1.98. The van der Waals surface area contributed by atoms with Gasteiger partial charge >= 0.3 is 0 Å². The molecule has 1 aromatic carbocycles. The van der Waals surface area contributed by atoms with Gasteiger partial charge in [0.2, 0.25) is 0 Å². The fourth-order valence-corrected chi connectivity index (χ4v) is 1.07. The molecule has 1 aromatic rings. The summed E-state index contributed by atoms with van der Waals surface area (Å²) in [5.74, 6) is 8.00. The van der Waals surface area contributed by atoms with Crippen LogP contribution in [0.2, 0.25) is 0 Å². The van der Waals surface area contributed by atoms with Crippen molar-refractivity contribution < 1.29 is 0 Å². The summed E-state index contributed by atoms with van der Waals surface area (Å²) in [5.41, 5.74) is 2.89. The largest absolute Gasteiger partial charge is 0.274 e. The Labute approximate surface area is 86.7 Å². The van der Waals surface area contributed by atoms with Crippen molar-refractivity contribution in [1.82, 2.24) is 0 Å². The van der Waals surface area contributed by atoms with E-state index < -0.39 is 0 Å². The normalized spacial score (nSPS) is 8.00. The lowest BCUT2D eigenvalue weighted by molar-refractivity contribution is 1.09. The standard InChI is InChI=1S/C10H14.ClH.H4N2/c1-3-9-6-5-7-10(4-2)8-9;;1-2/h5-8H,3-4H2,1-2H3;1H;1-2H2. The summed E-state index contributed by atoms with van der Waals surface area (Å²) in [6, 6.07) is 8.77. The average Bonchev–Trinajstić information content (AvgIpc) is 2.21. The van der Waals surface area contributed by atoms with Crippen molar-refractivity contribution in [3.8, 4) is 0 Å². The first-order chi connectivity index (χ1) is 5.86. The van der Waals surface area contributed by atoms with E-state index in [0.29, 0.717) is 0 Å². The molecule has 3 heteroatoms. The number of hydrogen-bond donors (Lipinski definition) is 2. The molecule has 0 unspecified atom stereocenters. The van der Waals surface area contributed by atoms with Crippen LogP contribution in [0.5, 0.6) is 0 Å². The minimum Gasteiger partial charge on any atom is -0.274 e. The Morgan fingerprint density at radius 2 is 1.38 bits per heavy atom. The van der Waals surface area contributed by atoms with Gasteiger partial charge in [-0.1, -0.05) is 38.1 Å². The molecule has 2 nitrogen and oxygen atoms in total. The molecule has 0 heterocycles. The van der Waals surface area contributed by atoms with Crippen molar-refractivity contribution >= 4 is 12.4 Å². The molecule has 0 aromatic heterocycles. The maximum Gasteiger partial charge on any atom is -0.0307 e. The van der Waals surface area contributed by atoms with Gasteiger partial charge in [-0.15, -0.1) is 12.4 Å². The minimum absolute atomic E-state index is 0. The molecule has 0 radical (unpaired) electrons. The van der Waals surface area contributed by atoms with E-state index in [9.17, 15) is 0 Å². The van der Waals surface area contributed by atoms with Gasteiger partial charge in [0.15, 0.2) is 0 Å². The Bertz CT molecular complexity index is 195. The zero-order valence-electron chi connectivity index (χ0n) is 8.29. The lowest BCUT2D eigenvalue weighted by Crippen LogP contribution is -2.02. The molecule has 0 bridgehead atoms. The third kappa shape index (κ3) is 5.64. The molecule has 0 spiro atoms. The number of hydrogen-bond acceptors (Lipinski definition) is 2. The first-order valence-electron chi connectivity index (χ1n) is 4.28. The second kappa shape index (κ2) is 9.52. The van der Waals surface area contributed by atoms with Crippen LogP contribution in [0.4, 0.5) is 0 Å². The summed E-state index contributed by atoms with van der Waals surface area (Å²) in [6.45, 7) is 4.38. The molecule has 4 N–H and O–H groups in total. The first kappa shape index (κ1) is 14.9. The number of aryl methyl sites for hydroxylation is 2. The third-order valence-electron chi connectivity index (χ3n) is 1.81. The highest BCUT2D eigenvalue weighted by Crippen LogP contribution is 2.05. The summed E-state index contributed by atoms with van der Waals surface area (Å²) in [4.78, 5) is 0. The van der Waals surface area contributed by atoms with E-state index in [1.54, 1.807) is 0 Å². The summed E-state index contributed by atoms with van der Waals surface area (Å²) in [5, 5.41) is 0. The van der Waals surface area contributed by atoms with Crippen LogP contribution in [0.25, 0.3) is 0 Å². The van der Waals surface area contributed by atoms with Gasteiger partial charge in [-0.05, 0) is 24.0 Å². The Hall–Kier alpha value is -0.570. The Morgan fingerprint density at radius 3 is 1.69 bits per heavy atom. The van der Waals surface area contributed by atoms with Gasteiger partial charge in [0.1, 0.15) is 0 Å². The van der Waals surface area contributed by atoms with Gasteiger partial charge in [0.25, 0.3) is 0 Å². The van der Waals surface area contributed by atoms with Crippen LogP contribution in [0.15, 0.2) is 24.3 Å². The molecule has 0 saturated heterocycles. The molecule has 76 valence electrons. The fraction of sp³-hybridized carbons (Fsp3) is 0.400. The lowest BCUT2D eigenvalue weighted by atomic mass is 10.1. The smallest absolute Gasteiger partial charge is 0.0307 e. The Morgan fingerprint density at radius 1 is 1.00 bits per heavy atom. The van der Waals surface area contributed by atoms with E-state index in [0.717, 1.165) is 12.8 Å². The molecular weight excluding hydrogens is 184 g/mol. The zero-order chi connectivity index (χ0) is 9.40. The van der Waals surface area contributed by atoms with Crippen molar-refractivity contribution in [1.29, 1.82) is 0 Å². The van der Waals surface area contributed by atoms with Crippen molar-refractivity contribution in [2.75, 3.05) is 0 Å². The quantitative estimate of drug-likeness (QED) is 0.570. The molecule has 1 rings (SSSR count). The second-order valence-electron chi connectivity index (χ2n) is 2.53. The van der Waals surface area contributed by atoms with Crippen LogP contribution in [0, 0.1) is 0 Å². The van der Waals surface area contributed by atoms with Crippen molar-refractivity contribution in [2.45, 2.75) is 26.7 Å². The number of rotatable bonds is 2. The first-order valence-corrected chi connectivity index (χ1v) is 4.28. The summed E-state index contributed by atoms with van der Waals surface area (Å²) < 4.78 is 0. The maximum atomic E-state index is 4.00. The molecule has 0 aliphatic heterocycles. The Kier molecular flexibility index (Phi) is 10.9. The molecule has 0 aliphatic carbocycles. The SMILES string of the molecule is CCc1cccc(CC)c1.Cl.NN. The molecule has 0 saturated carbocycles. The van der Waals surface area contributed by atoms with Crippen molar-refractivity contribution in [2.24, 2.45) is 11.7 Å². The monoisotopic (exact) mass is 202 g/mol. The van der Waals surface area contributed by atoms with E-state index in [1.165, 1.54) is 11.1 Å². The molecule has 0 amide bonds. The van der Waals surface area contributed by atoms with E-state index in [2.05, 4.69) is 49.8 Å². The van der Waals surface area contributed by atoms with Crippen LogP contribution in [0.1, 0.15) is 25.0 Å². The van der Waals surface area contributed by atoms with E-state index in [4.69, 9.17) is 0 Å². The summed E-state index contributed by atoms with van der Waals surface area (Å²) >= 11 is 0.